The minimum atomic E-state index is -0.548. The number of benzene rings is 2. The van der Waals surface area contributed by atoms with Crippen molar-refractivity contribution in [2.75, 3.05) is 38.7 Å². The fraction of sp³-hybridized carbons (Fsp3) is 0.333. The van der Waals surface area contributed by atoms with E-state index in [2.05, 4.69) is 20.9 Å². The smallest absolute Gasteiger partial charge is 0.254 e. The second-order valence-corrected chi connectivity index (χ2v) is 5.92. The van der Waals surface area contributed by atoms with E-state index in [9.17, 15) is 9.18 Å². The minimum Gasteiger partial charge on any atom is -0.493 e. The first-order chi connectivity index (χ1) is 14.1. The monoisotopic (exact) mass is 402 g/mol. The van der Waals surface area contributed by atoms with Crippen LogP contribution in [-0.4, -0.2) is 45.2 Å². The molecule has 0 bridgehead atoms. The number of carbonyl (C=O) groups is 1. The molecule has 0 atom stereocenters. The summed E-state index contributed by atoms with van der Waals surface area (Å²) < 4.78 is 24.5. The summed E-state index contributed by atoms with van der Waals surface area (Å²) in [7, 11) is 1.59. The summed E-state index contributed by atoms with van der Waals surface area (Å²) in [6, 6.07) is 11.4. The Morgan fingerprint density at radius 2 is 1.90 bits per heavy atom. The molecule has 0 heterocycles. The number of hydrogen-bond acceptors (Lipinski definition) is 4. The van der Waals surface area contributed by atoms with Crippen molar-refractivity contribution in [3.63, 3.8) is 0 Å². The van der Waals surface area contributed by atoms with E-state index in [1.54, 1.807) is 19.2 Å². The Balaban J connectivity index is 1.96. The highest BCUT2D eigenvalue weighted by Gasteiger charge is 2.10. The number of carbonyl (C=O) groups excluding carboxylic acids is 1. The lowest BCUT2D eigenvalue weighted by Crippen LogP contribution is -2.32. The number of guanidine groups is 1. The lowest BCUT2D eigenvalue weighted by molar-refractivity contribution is 0.0951. The molecular formula is C21H27FN4O3. The Morgan fingerprint density at radius 1 is 1.10 bits per heavy atom. The summed E-state index contributed by atoms with van der Waals surface area (Å²) in [6.45, 7) is 5.65. The van der Waals surface area contributed by atoms with Crippen LogP contribution in [0.5, 0.6) is 11.5 Å². The van der Waals surface area contributed by atoms with Gasteiger partial charge in [-0.25, -0.2) is 4.39 Å². The predicted octanol–water partition coefficient (Wildman–Crippen LogP) is 3.04. The third-order valence-corrected chi connectivity index (χ3v) is 3.86. The highest BCUT2D eigenvalue weighted by atomic mass is 19.1. The van der Waals surface area contributed by atoms with Gasteiger partial charge in [-0.1, -0.05) is 12.1 Å². The molecule has 7 nitrogen and oxygen atoms in total. The first kappa shape index (κ1) is 22.0. The van der Waals surface area contributed by atoms with Gasteiger partial charge in [0.15, 0.2) is 17.5 Å². The number of halogens is 1. The lowest BCUT2D eigenvalue weighted by atomic mass is 10.2. The number of amides is 1. The fourth-order valence-corrected chi connectivity index (χ4v) is 2.54. The molecule has 2 aromatic carbocycles. The van der Waals surface area contributed by atoms with Gasteiger partial charge in [0.2, 0.25) is 0 Å². The van der Waals surface area contributed by atoms with Crippen LogP contribution in [0.15, 0.2) is 47.5 Å². The summed E-state index contributed by atoms with van der Waals surface area (Å²) in [5, 5.41) is 8.99. The number of aliphatic imine (C=N–C) groups is 1. The van der Waals surface area contributed by atoms with E-state index in [1.165, 1.54) is 12.1 Å². The Morgan fingerprint density at radius 3 is 2.59 bits per heavy atom. The molecule has 3 N–H and O–H groups in total. The average molecular weight is 402 g/mol. The number of rotatable bonds is 9. The molecule has 0 saturated carbocycles. The van der Waals surface area contributed by atoms with Gasteiger partial charge in [-0.15, -0.1) is 0 Å². The van der Waals surface area contributed by atoms with Crippen LogP contribution in [0.3, 0.4) is 0 Å². The van der Waals surface area contributed by atoms with Crippen molar-refractivity contribution in [3.05, 3.63) is 53.8 Å². The highest BCUT2D eigenvalue weighted by Crippen LogP contribution is 2.30. The second kappa shape index (κ2) is 11.5. The largest absolute Gasteiger partial charge is 0.493 e. The topological polar surface area (TPSA) is 84.0 Å². The first-order valence-electron chi connectivity index (χ1n) is 9.47. The number of anilines is 1. The predicted molar refractivity (Wildman–Crippen MR) is 112 cm³/mol. The Kier molecular flexibility index (Phi) is 8.75. The number of nitrogens with zero attached hydrogens (tertiary/aromatic N) is 1. The Labute approximate surface area is 170 Å². The standard InChI is InChI=1S/C21H27FN4O3/c1-4-23-21(26-15-10-11-18(28-3)19(14-15)29-5-2)25-13-12-24-20(27)16-8-6-7-9-17(16)22/h6-11,14H,4-5,12-13H2,1-3H3,(H,24,27)(H2,23,25,26). The van der Waals surface area contributed by atoms with E-state index in [-0.39, 0.29) is 12.1 Å². The highest BCUT2D eigenvalue weighted by molar-refractivity contribution is 5.95. The zero-order chi connectivity index (χ0) is 21.1. The van der Waals surface area contributed by atoms with Crippen LogP contribution >= 0.6 is 0 Å². The molecular weight excluding hydrogens is 375 g/mol. The van der Waals surface area contributed by atoms with Crippen LogP contribution in [0.2, 0.25) is 0 Å². The maximum atomic E-state index is 13.6. The van der Waals surface area contributed by atoms with Gasteiger partial charge in [-0.2, -0.15) is 0 Å². The average Bonchev–Trinajstić information content (AvgIpc) is 2.72. The zero-order valence-corrected chi connectivity index (χ0v) is 16.9. The van der Waals surface area contributed by atoms with Crippen molar-refractivity contribution in [1.82, 2.24) is 10.6 Å². The Hall–Kier alpha value is -3.29. The van der Waals surface area contributed by atoms with Gasteiger partial charge in [0.25, 0.3) is 5.91 Å². The quantitative estimate of drug-likeness (QED) is 0.341. The van der Waals surface area contributed by atoms with E-state index in [0.717, 1.165) is 5.69 Å². The molecule has 0 radical (unpaired) electrons. The molecule has 29 heavy (non-hydrogen) atoms. The van der Waals surface area contributed by atoms with E-state index in [0.29, 0.717) is 37.2 Å². The van der Waals surface area contributed by atoms with E-state index < -0.39 is 11.7 Å². The van der Waals surface area contributed by atoms with Gasteiger partial charge < -0.3 is 25.4 Å². The van der Waals surface area contributed by atoms with Crippen molar-refractivity contribution < 1.29 is 18.7 Å². The van der Waals surface area contributed by atoms with Crippen molar-refractivity contribution in [3.8, 4) is 11.5 Å². The SMILES string of the molecule is CCNC(=NCCNC(=O)c1ccccc1F)Nc1ccc(OC)c(OCC)c1. The van der Waals surface area contributed by atoms with E-state index in [1.807, 2.05) is 32.0 Å². The molecule has 0 aliphatic heterocycles. The summed E-state index contributed by atoms with van der Waals surface area (Å²) in [4.78, 5) is 16.5. The van der Waals surface area contributed by atoms with E-state index >= 15 is 0 Å². The zero-order valence-electron chi connectivity index (χ0n) is 16.9. The molecule has 2 aromatic rings. The van der Waals surface area contributed by atoms with E-state index in [4.69, 9.17) is 9.47 Å². The molecule has 0 aromatic heterocycles. The van der Waals surface area contributed by atoms with Crippen molar-refractivity contribution >= 4 is 17.6 Å². The van der Waals surface area contributed by atoms with Gasteiger partial charge in [0.05, 0.1) is 25.8 Å². The molecule has 0 fully saturated rings. The molecule has 0 aliphatic carbocycles. The van der Waals surface area contributed by atoms with Crippen LogP contribution in [0.1, 0.15) is 24.2 Å². The summed E-state index contributed by atoms with van der Waals surface area (Å²) in [5.41, 5.74) is 0.799. The van der Waals surface area contributed by atoms with Gasteiger partial charge in [-0.3, -0.25) is 9.79 Å². The molecule has 0 saturated heterocycles. The van der Waals surface area contributed by atoms with Crippen molar-refractivity contribution in [2.24, 2.45) is 4.99 Å². The summed E-state index contributed by atoms with van der Waals surface area (Å²) in [5.74, 6) is 0.823. The number of nitrogens with one attached hydrogen (secondary N) is 3. The molecule has 2 rings (SSSR count). The Bertz CT molecular complexity index is 842. The maximum Gasteiger partial charge on any atom is 0.254 e. The van der Waals surface area contributed by atoms with Crippen LogP contribution in [0.25, 0.3) is 0 Å². The van der Waals surface area contributed by atoms with Gasteiger partial charge in [-0.05, 0) is 38.1 Å². The number of hydrogen-bond donors (Lipinski definition) is 3. The first-order valence-corrected chi connectivity index (χ1v) is 9.47. The molecule has 0 aliphatic rings. The minimum absolute atomic E-state index is 0.0168. The molecule has 0 spiro atoms. The fourth-order valence-electron chi connectivity index (χ4n) is 2.54. The summed E-state index contributed by atoms with van der Waals surface area (Å²) in [6.07, 6.45) is 0. The lowest BCUT2D eigenvalue weighted by Gasteiger charge is -2.14. The van der Waals surface area contributed by atoms with Crippen LogP contribution < -0.4 is 25.4 Å². The molecule has 1 amide bonds. The summed E-state index contributed by atoms with van der Waals surface area (Å²) >= 11 is 0. The van der Waals surface area contributed by atoms with Crippen molar-refractivity contribution in [1.29, 1.82) is 0 Å². The number of methoxy groups -OCH3 is 1. The van der Waals surface area contributed by atoms with Crippen LogP contribution in [0.4, 0.5) is 10.1 Å². The van der Waals surface area contributed by atoms with Gasteiger partial charge in [0, 0.05) is 24.8 Å². The van der Waals surface area contributed by atoms with Crippen LogP contribution in [0, 0.1) is 5.82 Å². The van der Waals surface area contributed by atoms with Crippen LogP contribution in [-0.2, 0) is 0 Å². The third-order valence-electron chi connectivity index (χ3n) is 3.86. The number of ether oxygens (including phenoxy) is 2. The van der Waals surface area contributed by atoms with Crippen molar-refractivity contribution in [2.45, 2.75) is 13.8 Å². The molecule has 156 valence electrons. The molecule has 0 unspecified atom stereocenters. The van der Waals surface area contributed by atoms with Gasteiger partial charge in [0.1, 0.15) is 5.82 Å². The third kappa shape index (κ3) is 6.67. The molecule has 8 heteroatoms. The normalized spacial score (nSPS) is 11.0. The van der Waals surface area contributed by atoms with Gasteiger partial charge >= 0.3 is 0 Å². The second-order valence-electron chi connectivity index (χ2n) is 5.92. The maximum absolute atomic E-state index is 13.6.